The number of nitrogens with one attached hydrogen (secondary N) is 1. The van der Waals surface area contributed by atoms with Gasteiger partial charge >= 0.3 is 0 Å². The van der Waals surface area contributed by atoms with E-state index in [4.69, 9.17) is 11.6 Å². The monoisotopic (exact) mass is 302 g/mol. The van der Waals surface area contributed by atoms with E-state index in [1.54, 1.807) is 6.07 Å². The maximum absolute atomic E-state index is 9.95. The van der Waals surface area contributed by atoms with E-state index < -0.39 is 0 Å². The highest BCUT2D eigenvalue weighted by Gasteiger charge is 2.25. The first kappa shape index (κ1) is 14.1. The van der Waals surface area contributed by atoms with Crippen molar-refractivity contribution in [3.63, 3.8) is 0 Å². The van der Waals surface area contributed by atoms with E-state index in [1.807, 2.05) is 43.3 Å². The molecule has 0 aliphatic heterocycles. The van der Waals surface area contributed by atoms with Crippen LogP contribution in [0, 0.1) is 0 Å². The van der Waals surface area contributed by atoms with Crippen molar-refractivity contribution in [2.75, 3.05) is 24.3 Å². The standard InChI is InChI=1S/C17H19ClN2O/c1-20(2)17-13(18)6-4-7-15(17)19-14-10-9-12-11(14)5-3-8-16(12)21/h3-8,14,19,21H,9-10H2,1-2H3. The van der Waals surface area contributed by atoms with Crippen molar-refractivity contribution >= 4 is 23.0 Å². The van der Waals surface area contributed by atoms with Crippen LogP contribution in [0.1, 0.15) is 23.6 Å². The number of phenolic OH excluding ortho intramolecular Hbond substituents is 1. The lowest BCUT2D eigenvalue weighted by Crippen LogP contribution is -2.14. The first-order valence-corrected chi connectivity index (χ1v) is 7.49. The summed E-state index contributed by atoms with van der Waals surface area (Å²) in [5.41, 5.74) is 4.25. The van der Waals surface area contributed by atoms with E-state index in [0.717, 1.165) is 34.8 Å². The summed E-state index contributed by atoms with van der Waals surface area (Å²) in [7, 11) is 3.97. The second-order valence-electron chi connectivity index (χ2n) is 5.61. The van der Waals surface area contributed by atoms with Crippen molar-refractivity contribution in [1.82, 2.24) is 0 Å². The van der Waals surface area contributed by atoms with Gasteiger partial charge in [0.2, 0.25) is 0 Å². The summed E-state index contributed by atoms with van der Waals surface area (Å²) in [6, 6.07) is 11.9. The lowest BCUT2D eigenvalue weighted by atomic mass is 10.1. The molecule has 3 rings (SSSR count). The highest BCUT2D eigenvalue weighted by atomic mass is 35.5. The SMILES string of the molecule is CN(C)c1c(Cl)cccc1NC1CCc2c(O)cccc21. The van der Waals surface area contributed by atoms with Gasteiger partial charge in [-0.05, 0) is 42.2 Å². The van der Waals surface area contributed by atoms with Gasteiger partial charge in [-0.15, -0.1) is 0 Å². The Labute approximate surface area is 130 Å². The lowest BCUT2D eigenvalue weighted by molar-refractivity contribution is 0.469. The van der Waals surface area contributed by atoms with Crippen molar-refractivity contribution in [3.05, 3.63) is 52.5 Å². The van der Waals surface area contributed by atoms with Gasteiger partial charge in [0.05, 0.1) is 22.4 Å². The van der Waals surface area contributed by atoms with Crippen molar-refractivity contribution in [3.8, 4) is 5.75 Å². The summed E-state index contributed by atoms with van der Waals surface area (Å²) >= 11 is 6.31. The minimum Gasteiger partial charge on any atom is -0.508 e. The van der Waals surface area contributed by atoms with Gasteiger partial charge in [-0.2, -0.15) is 0 Å². The Kier molecular flexibility index (Phi) is 3.68. The maximum atomic E-state index is 9.95. The van der Waals surface area contributed by atoms with Crippen LogP contribution in [0.2, 0.25) is 5.02 Å². The second kappa shape index (κ2) is 5.49. The van der Waals surface area contributed by atoms with Gasteiger partial charge in [0, 0.05) is 14.1 Å². The molecule has 0 heterocycles. The quantitative estimate of drug-likeness (QED) is 0.891. The van der Waals surface area contributed by atoms with Crippen LogP contribution in [0.25, 0.3) is 0 Å². The molecule has 0 radical (unpaired) electrons. The molecule has 2 aromatic carbocycles. The molecule has 21 heavy (non-hydrogen) atoms. The molecule has 0 aromatic heterocycles. The van der Waals surface area contributed by atoms with Crippen LogP contribution in [0.3, 0.4) is 0 Å². The van der Waals surface area contributed by atoms with E-state index in [1.165, 1.54) is 5.56 Å². The summed E-state index contributed by atoms with van der Waals surface area (Å²) in [4.78, 5) is 2.02. The molecular formula is C17H19ClN2O. The molecule has 1 unspecified atom stereocenters. The highest BCUT2D eigenvalue weighted by molar-refractivity contribution is 6.34. The molecule has 0 fully saturated rings. The third-order valence-electron chi connectivity index (χ3n) is 4.01. The smallest absolute Gasteiger partial charge is 0.119 e. The van der Waals surface area contributed by atoms with Crippen molar-refractivity contribution < 1.29 is 5.11 Å². The van der Waals surface area contributed by atoms with Crippen LogP contribution in [-0.4, -0.2) is 19.2 Å². The van der Waals surface area contributed by atoms with Crippen LogP contribution >= 0.6 is 11.6 Å². The van der Waals surface area contributed by atoms with Crippen LogP contribution < -0.4 is 10.2 Å². The molecule has 1 atom stereocenters. The summed E-state index contributed by atoms with van der Waals surface area (Å²) in [6.07, 6.45) is 1.88. The summed E-state index contributed by atoms with van der Waals surface area (Å²) in [5.74, 6) is 0.399. The Morgan fingerprint density at radius 1 is 1.19 bits per heavy atom. The molecular weight excluding hydrogens is 284 g/mol. The molecule has 2 N–H and O–H groups in total. The Morgan fingerprint density at radius 2 is 1.95 bits per heavy atom. The van der Waals surface area contributed by atoms with Crippen molar-refractivity contribution in [2.24, 2.45) is 0 Å². The molecule has 3 nitrogen and oxygen atoms in total. The number of anilines is 2. The maximum Gasteiger partial charge on any atom is 0.119 e. The fraction of sp³-hybridized carbons (Fsp3) is 0.294. The lowest BCUT2D eigenvalue weighted by Gasteiger charge is -2.23. The molecule has 4 heteroatoms. The molecule has 0 bridgehead atoms. The van der Waals surface area contributed by atoms with E-state index >= 15 is 0 Å². The van der Waals surface area contributed by atoms with Gasteiger partial charge in [-0.1, -0.05) is 29.8 Å². The average molecular weight is 303 g/mol. The van der Waals surface area contributed by atoms with Gasteiger partial charge in [-0.25, -0.2) is 0 Å². The molecule has 0 amide bonds. The number of nitrogens with zero attached hydrogens (tertiary/aromatic N) is 1. The predicted octanol–water partition coefficient (Wildman–Crippen LogP) is 4.21. The zero-order chi connectivity index (χ0) is 15.0. The topological polar surface area (TPSA) is 35.5 Å². The Bertz CT molecular complexity index is 670. The van der Waals surface area contributed by atoms with Crippen molar-refractivity contribution in [2.45, 2.75) is 18.9 Å². The number of hydrogen-bond acceptors (Lipinski definition) is 3. The highest BCUT2D eigenvalue weighted by Crippen LogP contribution is 2.41. The zero-order valence-electron chi connectivity index (χ0n) is 12.2. The number of para-hydroxylation sites is 1. The molecule has 1 aliphatic carbocycles. The largest absolute Gasteiger partial charge is 0.508 e. The summed E-state index contributed by atoms with van der Waals surface area (Å²) < 4.78 is 0. The van der Waals surface area contributed by atoms with E-state index in [9.17, 15) is 5.11 Å². The number of hydrogen-bond donors (Lipinski definition) is 2. The Hall–Kier alpha value is -1.87. The van der Waals surface area contributed by atoms with Crippen LogP contribution in [0.4, 0.5) is 11.4 Å². The molecule has 110 valence electrons. The first-order chi connectivity index (χ1) is 10.1. The van der Waals surface area contributed by atoms with Crippen LogP contribution in [0.15, 0.2) is 36.4 Å². The van der Waals surface area contributed by atoms with Crippen molar-refractivity contribution in [1.29, 1.82) is 0 Å². The third-order valence-corrected chi connectivity index (χ3v) is 4.31. The number of benzene rings is 2. The Balaban J connectivity index is 1.94. The fourth-order valence-electron chi connectivity index (χ4n) is 3.06. The number of rotatable bonds is 3. The van der Waals surface area contributed by atoms with Crippen LogP contribution in [0.5, 0.6) is 5.75 Å². The van der Waals surface area contributed by atoms with E-state index in [-0.39, 0.29) is 6.04 Å². The Morgan fingerprint density at radius 3 is 2.71 bits per heavy atom. The second-order valence-corrected chi connectivity index (χ2v) is 6.02. The summed E-state index contributed by atoms with van der Waals surface area (Å²) in [5, 5.41) is 14.3. The van der Waals surface area contributed by atoms with Gasteiger partial charge < -0.3 is 15.3 Å². The van der Waals surface area contributed by atoms with Gasteiger partial charge in [-0.3, -0.25) is 0 Å². The first-order valence-electron chi connectivity index (χ1n) is 7.11. The minimum atomic E-state index is 0.212. The molecule has 0 saturated heterocycles. The molecule has 2 aromatic rings. The molecule has 0 saturated carbocycles. The van der Waals surface area contributed by atoms with Gasteiger partial charge in [0.25, 0.3) is 0 Å². The third kappa shape index (κ3) is 2.54. The number of aromatic hydroxyl groups is 1. The number of phenols is 1. The number of halogens is 1. The van der Waals surface area contributed by atoms with E-state index in [0.29, 0.717) is 5.75 Å². The molecule has 0 spiro atoms. The van der Waals surface area contributed by atoms with E-state index in [2.05, 4.69) is 11.4 Å². The van der Waals surface area contributed by atoms with Crippen LogP contribution in [-0.2, 0) is 6.42 Å². The fourth-order valence-corrected chi connectivity index (χ4v) is 3.40. The zero-order valence-corrected chi connectivity index (χ0v) is 13.0. The number of fused-ring (bicyclic) bond motifs is 1. The average Bonchev–Trinajstić information content (AvgIpc) is 2.83. The normalized spacial score (nSPS) is 16.6. The molecule has 1 aliphatic rings. The predicted molar refractivity (Wildman–Crippen MR) is 88.6 cm³/mol. The summed E-state index contributed by atoms with van der Waals surface area (Å²) in [6.45, 7) is 0. The minimum absolute atomic E-state index is 0.212. The van der Waals surface area contributed by atoms with Gasteiger partial charge in [0.15, 0.2) is 0 Å². The van der Waals surface area contributed by atoms with Gasteiger partial charge in [0.1, 0.15) is 5.75 Å².